The van der Waals surface area contributed by atoms with Crippen LogP contribution < -0.4 is 5.32 Å². The highest BCUT2D eigenvalue weighted by molar-refractivity contribution is 5.97. The lowest BCUT2D eigenvalue weighted by atomic mass is 9.79. The molecule has 1 heterocycles. The van der Waals surface area contributed by atoms with Crippen LogP contribution in [-0.2, 0) is 4.79 Å². The molecule has 0 aliphatic heterocycles. The van der Waals surface area contributed by atoms with Crippen LogP contribution in [0.1, 0.15) is 45.1 Å². The molecule has 0 bridgehead atoms. The standard InChI is InChI=1S/C15H21N3O/c1-4-7-15(11-16,8-5-2)14(19)18-13-6-9-17-10-12(13)3/h6,9-10H,4-5,7-8H2,1-3H3,(H,17,18,19). The van der Waals surface area contributed by atoms with E-state index in [2.05, 4.69) is 16.4 Å². The molecule has 1 amide bonds. The van der Waals surface area contributed by atoms with Gasteiger partial charge in [0, 0.05) is 18.1 Å². The number of hydrogen-bond acceptors (Lipinski definition) is 3. The first kappa shape index (κ1) is 15.2. The number of nitrogens with zero attached hydrogens (tertiary/aromatic N) is 2. The van der Waals surface area contributed by atoms with Crippen molar-refractivity contribution in [2.24, 2.45) is 5.41 Å². The van der Waals surface area contributed by atoms with Gasteiger partial charge in [0.05, 0.1) is 6.07 Å². The van der Waals surface area contributed by atoms with Gasteiger partial charge in [0.15, 0.2) is 0 Å². The number of amides is 1. The van der Waals surface area contributed by atoms with Crippen molar-refractivity contribution >= 4 is 11.6 Å². The maximum atomic E-state index is 12.4. The monoisotopic (exact) mass is 259 g/mol. The minimum absolute atomic E-state index is 0.201. The summed E-state index contributed by atoms with van der Waals surface area (Å²) in [5.74, 6) is -0.201. The summed E-state index contributed by atoms with van der Waals surface area (Å²) < 4.78 is 0. The molecule has 19 heavy (non-hydrogen) atoms. The summed E-state index contributed by atoms with van der Waals surface area (Å²) in [5, 5.41) is 12.3. The van der Waals surface area contributed by atoms with Crippen LogP contribution >= 0.6 is 0 Å². The Hall–Kier alpha value is -1.89. The Bertz CT molecular complexity index is 471. The Morgan fingerprint density at radius 1 is 1.42 bits per heavy atom. The number of pyridine rings is 1. The topological polar surface area (TPSA) is 65.8 Å². The van der Waals surface area contributed by atoms with Crippen LogP contribution in [0.5, 0.6) is 0 Å². The van der Waals surface area contributed by atoms with E-state index in [0.717, 1.165) is 24.1 Å². The molecule has 0 spiro atoms. The molecule has 0 atom stereocenters. The third-order valence-corrected chi connectivity index (χ3v) is 3.27. The summed E-state index contributed by atoms with van der Waals surface area (Å²) in [6.07, 6.45) is 6.15. The van der Waals surface area contributed by atoms with Crippen molar-refractivity contribution in [3.63, 3.8) is 0 Å². The fourth-order valence-corrected chi connectivity index (χ4v) is 2.22. The predicted octanol–water partition coefficient (Wildman–Crippen LogP) is 3.44. The first-order chi connectivity index (χ1) is 9.09. The van der Waals surface area contributed by atoms with E-state index >= 15 is 0 Å². The molecule has 4 nitrogen and oxygen atoms in total. The van der Waals surface area contributed by atoms with E-state index in [9.17, 15) is 10.1 Å². The zero-order chi connectivity index (χ0) is 14.3. The van der Waals surface area contributed by atoms with Crippen LogP contribution in [0.3, 0.4) is 0 Å². The Morgan fingerprint density at radius 2 is 2.05 bits per heavy atom. The molecule has 4 heteroatoms. The average Bonchev–Trinajstić information content (AvgIpc) is 2.41. The first-order valence-electron chi connectivity index (χ1n) is 6.73. The minimum atomic E-state index is -0.917. The van der Waals surface area contributed by atoms with Gasteiger partial charge in [-0.3, -0.25) is 9.78 Å². The van der Waals surface area contributed by atoms with Crippen molar-refractivity contribution in [3.05, 3.63) is 24.0 Å². The van der Waals surface area contributed by atoms with Crippen LogP contribution in [-0.4, -0.2) is 10.9 Å². The largest absolute Gasteiger partial charge is 0.324 e. The number of carbonyl (C=O) groups excluding carboxylic acids is 1. The fourth-order valence-electron chi connectivity index (χ4n) is 2.22. The summed E-state index contributed by atoms with van der Waals surface area (Å²) in [5.41, 5.74) is 0.710. The molecule has 1 rings (SSSR count). The molecule has 0 saturated carbocycles. The summed E-state index contributed by atoms with van der Waals surface area (Å²) in [6, 6.07) is 3.99. The van der Waals surface area contributed by atoms with E-state index in [1.807, 2.05) is 20.8 Å². The molecule has 0 unspecified atom stereocenters. The number of nitrogens with one attached hydrogen (secondary N) is 1. The summed E-state index contributed by atoms with van der Waals surface area (Å²) >= 11 is 0. The summed E-state index contributed by atoms with van der Waals surface area (Å²) in [7, 11) is 0. The highest BCUT2D eigenvalue weighted by Gasteiger charge is 2.37. The van der Waals surface area contributed by atoms with E-state index in [-0.39, 0.29) is 5.91 Å². The number of anilines is 1. The van der Waals surface area contributed by atoms with E-state index < -0.39 is 5.41 Å². The van der Waals surface area contributed by atoms with Gasteiger partial charge in [0.25, 0.3) is 0 Å². The zero-order valence-electron chi connectivity index (χ0n) is 11.9. The Kier molecular flexibility index (Phi) is 5.50. The normalized spacial score (nSPS) is 10.8. The van der Waals surface area contributed by atoms with Gasteiger partial charge in [-0.05, 0) is 31.4 Å². The molecule has 0 aliphatic rings. The Balaban J connectivity index is 2.95. The van der Waals surface area contributed by atoms with Crippen molar-refractivity contribution in [3.8, 4) is 6.07 Å². The van der Waals surface area contributed by atoms with Gasteiger partial charge in [-0.1, -0.05) is 26.7 Å². The maximum absolute atomic E-state index is 12.4. The van der Waals surface area contributed by atoms with Gasteiger partial charge in [0.2, 0.25) is 5.91 Å². The van der Waals surface area contributed by atoms with Gasteiger partial charge in [0.1, 0.15) is 5.41 Å². The second-order valence-corrected chi connectivity index (χ2v) is 4.84. The molecule has 0 fully saturated rings. The van der Waals surface area contributed by atoms with Crippen molar-refractivity contribution in [2.45, 2.75) is 46.5 Å². The highest BCUT2D eigenvalue weighted by Crippen LogP contribution is 2.31. The molecule has 1 aromatic heterocycles. The van der Waals surface area contributed by atoms with Crippen LogP contribution in [0, 0.1) is 23.7 Å². The second kappa shape index (κ2) is 6.89. The summed E-state index contributed by atoms with van der Waals surface area (Å²) in [6.45, 7) is 5.87. The number of nitriles is 1. The Morgan fingerprint density at radius 3 is 2.53 bits per heavy atom. The maximum Gasteiger partial charge on any atom is 0.244 e. The molecule has 0 aromatic carbocycles. The average molecular weight is 259 g/mol. The van der Waals surface area contributed by atoms with Gasteiger partial charge in [-0.2, -0.15) is 5.26 Å². The van der Waals surface area contributed by atoms with Crippen molar-refractivity contribution in [2.75, 3.05) is 5.32 Å². The molecular formula is C15H21N3O. The highest BCUT2D eigenvalue weighted by atomic mass is 16.2. The number of aryl methyl sites for hydroxylation is 1. The van der Waals surface area contributed by atoms with Crippen molar-refractivity contribution < 1.29 is 4.79 Å². The lowest BCUT2D eigenvalue weighted by Crippen LogP contribution is -2.35. The quantitative estimate of drug-likeness (QED) is 0.851. The SMILES string of the molecule is CCCC(C#N)(CCC)C(=O)Nc1ccncc1C. The third kappa shape index (κ3) is 3.54. The first-order valence-corrected chi connectivity index (χ1v) is 6.73. The number of rotatable bonds is 6. The molecule has 0 aliphatic carbocycles. The molecule has 102 valence electrons. The molecule has 1 aromatic rings. The molecular weight excluding hydrogens is 238 g/mol. The summed E-state index contributed by atoms with van der Waals surface area (Å²) in [4.78, 5) is 16.4. The van der Waals surface area contributed by atoms with Crippen LogP contribution in [0.2, 0.25) is 0 Å². The number of carbonyl (C=O) groups is 1. The number of hydrogen-bond donors (Lipinski definition) is 1. The van der Waals surface area contributed by atoms with Crippen LogP contribution in [0.15, 0.2) is 18.5 Å². The zero-order valence-corrected chi connectivity index (χ0v) is 11.9. The predicted molar refractivity (Wildman–Crippen MR) is 75.5 cm³/mol. The third-order valence-electron chi connectivity index (χ3n) is 3.27. The molecule has 0 radical (unpaired) electrons. The second-order valence-electron chi connectivity index (χ2n) is 4.84. The van der Waals surface area contributed by atoms with Gasteiger partial charge in [-0.15, -0.1) is 0 Å². The van der Waals surface area contributed by atoms with Crippen molar-refractivity contribution in [1.29, 1.82) is 5.26 Å². The van der Waals surface area contributed by atoms with E-state index in [1.54, 1.807) is 18.5 Å². The molecule has 1 N–H and O–H groups in total. The van der Waals surface area contributed by atoms with E-state index in [0.29, 0.717) is 12.8 Å². The van der Waals surface area contributed by atoms with Gasteiger partial charge >= 0.3 is 0 Å². The fraction of sp³-hybridized carbons (Fsp3) is 0.533. The minimum Gasteiger partial charge on any atom is -0.324 e. The number of aromatic nitrogens is 1. The van der Waals surface area contributed by atoms with E-state index in [1.165, 1.54) is 0 Å². The smallest absolute Gasteiger partial charge is 0.244 e. The lowest BCUT2D eigenvalue weighted by molar-refractivity contribution is -0.123. The molecule has 0 saturated heterocycles. The van der Waals surface area contributed by atoms with Gasteiger partial charge in [-0.25, -0.2) is 0 Å². The van der Waals surface area contributed by atoms with Crippen LogP contribution in [0.4, 0.5) is 5.69 Å². The lowest BCUT2D eigenvalue weighted by Gasteiger charge is -2.24. The van der Waals surface area contributed by atoms with Gasteiger partial charge < -0.3 is 5.32 Å². The van der Waals surface area contributed by atoms with Crippen molar-refractivity contribution in [1.82, 2.24) is 4.98 Å². The Labute approximate surface area is 114 Å². The van der Waals surface area contributed by atoms with Crippen LogP contribution in [0.25, 0.3) is 0 Å². The van der Waals surface area contributed by atoms with E-state index in [4.69, 9.17) is 0 Å².